The maximum absolute atomic E-state index is 10.1. The molecule has 4 aliphatic rings. The summed E-state index contributed by atoms with van der Waals surface area (Å²) in [6.07, 6.45) is 12.3. The van der Waals surface area contributed by atoms with Crippen molar-refractivity contribution in [2.24, 2.45) is 39.5 Å². The maximum Gasteiger partial charge on any atom is 0.0724 e. The van der Waals surface area contributed by atoms with E-state index in [1.54, 1.807) is 5.57 Å². The van der Waals surface area contributed by atoms with Crippen LogP contribution in [0, 0.1) is 34.5 Å². The van der Waals surface area contributed by atoms with E-state index in [4.69, 9.17) is 0 Å². The van der Waals surface area contributed by atoms with Gasteiger partial charge in [0.05, 0.1) is 6.10 Å². The summed E-state index contributed by atoms with van der Waals surface area (Å²) >= 11 is 0. The van der Waals surface area contributed by atoms with Gasteiger partial charge in [0.2, 0.25) is 0 Å². The van der Waals surface area contributed by atoms with Gasteiger partial charge >= 0.3 is 0 Å². The largest absolute Gasteiger partial charge is 0.389 e. The predicted octanol–water partition coefficient (Wildman–Crippen LogP) is 5.02. The molecule has 0 heterocycles. The third-order valence-electron chi connectivity index (χ3n) is 8.95. The second-order valence-electron chi connectivity index (χ2n) is 9.67. The fraction of sp³-hybridized carbons (Fsp3) is 0.864. The van der Waals surface area contributed by atoms with Crippen LogP contribution in [0.25, 0.3) is 0 Å². The molecular weight excluding hydrogens is 294 g/mol. The summed E-state index contributed by atoms with van der Waals surface area (Å²) in [4.78, 5) is 4.58. The van der Waals surface area contributed by atoms with E-state index in [0.29, 0.717) is 16.7 Å². The second-order valence-corrected chi connectivity index (χ2v) is 9.67. The molecule has 0 amide bonds. The molecule has 4 aliphatic carbocycles. The average Bonchev–Trinajstić information content (AvgIpc) is 2.92. The molecule has 2 nitrogen and oxygen atoms in total. The summed E-state index contributed by atoms with van der Waals surface area (Å²) in [6, 6.07) is 0. The van der Waals surface area contributed by atoms with E-state index < -0.39 is 0 Å². The first-order valence-electron chi connectivity index (χ1n) is 10.2. The van der Waals surface area contributed by atoms with Crippen LogP contribution in [0.1, 0.15) is 72.1 Å². The molecule has 0 spiro atoms. The number of aliphatic hydroxyl groups is 1. The van der Waals surface area contributed by atoms with Crippen molar-refractivity contribution in [3.8, 4) is 0 Å². The zero-order valence-electron chi connectivity index (χ0n) is 16.0. The molecule has 0 bridgehead atoms. The summed E-state index contributed by atoms with van der Waals surface area (Å²) in [5.41, 5.74) is 3.83. The molecule has 7 atom stereocenters. The minimum absolute atomic E-state index is 0.183. The van der Waals surface area contributed by atoms with Crippen molar-refractivity contribution in [2.75, 3.05) is 7.05 Å². The van der Waals surface area contributed by atoms with Gasteiger partial charge in [0.25, 0.3) is 0 Å². The lowest BCUT2D eigenvalue weighted by molar-refractivity contribution is -0.0476. The summed E-state index contributed by atoms with van der Waals surface area (Å²) in [7, 11) is 1.98. The summed E-state index contributed by atoms with van der Waals surface area (Å²) in [6.45, 7) is 7.36. The third kappa shape index (κ3) is 2.21. The van der Waals surface area contributed by atoms with Crippen LogP contribution >= 0.6 is 0 Å². The van der Waals surface area contributed by atoms with Crippen LogP contribution in [-0.2, 0) is 0 Å². The number of hydrogen-bond donors (Lipinski definition) is 1. The Labute approximate surface area is 147 Å². The minimum atomic E-state index is -0.183. The van der Waals surface area contributed by atoms with E-state index in [0.717, 1.165) is 24.2 Å². The molecule has 24 heavy (non-hydrogen) atoms. The van der Waals surface area contributed by atoms with E-state index in [1.807, 2.05) is 7.05 Å². The van der Waals surface area contributed by atoms with E-state index in [1.165, 1.54) is 50.7 Å². The van der Waals surface area contributed by atoms with Gasteiger partial charge < -0.3 is 5.11 Å². The topological polar surface area (TPSA) is 32.6 Å². The molecule has 134 valence electrons. The molecule has 3 fully saturated rings. The summed E-state index contributed by atoms with van der Waals surface area (Å²) in [5, 5.41) is 10.1. The number of fused-ring (bicyclic) bond motifs is 5. The van der Waals surface area contributed by atoms with Crippen LogP contribution in [0.3, 0.4) is 0 Å². The van der Waals surface area contributed by atoms with Crippen molar-refractivity contribution in [3.05, 3.63) is 11.6 Å². The Balaban J connectivity index is 1.65. The van der Waals surface area contributed by atoms with E-state index in [9.17, 15) is 5.11 Å². The van der Waals surface area contributed by atoms with Crippen molar-refractivity contribution < 1.29 is 5.11 Å². The number of allylic oxidation sites excluding steroid dienone is 1. The lowest BCUT2D eigenvalue weighted by atomic mass is 9.46. The highest BCUT2D eigenvalue weighted by molar-refractivity contribution is 5.85. The quantitative estimate of drug-likeness (QED) is 0.532. The minimum Gasteiger partial charge on any atom is -0.389 e. The van der Waals surface area contributed by atoms with Gasteiger partial charge in [0, 0.05) is 18.7 Å². The van der Waals surface area contributed by atoms with Crippen LogP contribution in [-0.4, -0.2) is 24.0 Å². The van der Waals surface area contributed by atoms with Crippen molar-refractivity contribution in [2.45, 2.75) is 78.2 Å². The first kappa shape index (κ1) is 16.8. The zero-order valence-corrected chi connectivity index (χ0v) is 16.0. The molecule has 1 N–H and O–H groups in total. The molecule has 0 aromatic carbocycles. The predicted molar refractivity (Wildman–Crippen MR) is 100 cm³/mol. The average molecular weight is 330 g/mol. The van der Waals surface area contributed by atoms with Gasteiger partial charge in [-0.15, -0.1) is 0 Å². The Hall–Kier alpha value is -0.630. The molecule has 0 aromatic heterocycles. The second kappa shape index (κ2) is 5.69. The van der Waals surface area contributed by atoms with Crippen molar-refractivity contribution in [1.29, 1.82) is 0 Å². The smallest absolute Gasteiger partial charge is 0.0724 e. The highest BCUT2D eigenvalue weighted by Crippen LogP contribution is 2.66. The summed E-state index contributed by atoms with van der Waals surface area (Å²) in [5.74, 6) is 3.35. The summed E-state index contributed by atoms with van der Waals surface area (Å²) < 4.78 is 0. The fourth-order valence-corrected chi connectivity index (χ4v) is 7.55. The van der Waals surface area contributed by atoms with Crippen LogP contribution in [0.15, 0.2) is 16.6 Å². The van der Waals surface area contributed by atoms with Gasteiger partial charge in [0.1, 0.15) is 0 Å². The molecule has 2 heteroatoms. The van der Waals surface area contributed by atoms with Crippen molar-refractivity contribution in [1.82, 2.24) is 0 Å². The first-order chi connectivity index (χ1) is 11.4. The van der Waals surface area contributed by atoms with Gasteiger partial charge in [-0.2, -0.15) is 0 Å². The normalized spacial score (nSPS) is 51.5. The lowest BCUT2D eigenvalue weighted by Gasteiger charge is -2.58. The Kier molecular flexibility index (Phi) is 3.99. The van der Waals surface area contributed by atoms with Crippen molar-refractivity contribution >= 4 is 5.71 Å². The number of hydrogen-bond acceptors (Lipinski definition) is 2. The Morgan fingerprint density at radius 3 is 2.62 bits per heavy atom. The van der Waals surface area contributed by atoms with Gasteiger partial charge in [-0.1, -0.05) is 25.5 Å². The third-order valence-corrected chi connectivity index (χ3v) is 8.95. The first-order valence-corrected chi connectivity index (χ1v) is 10.2. The molecule has 0 unspecified atom stereocenters. The van der Waals surface area contributed by atoms with Crippen LogP contribution in [0.5, 0.6) is 0 Å². The van der Waals surface area contributed by atoms with Gasteiger partial charge in [-0.25, -0.2) is 0 Å². The molecule has 3 saturated carbocycles. The highest BCUT2D eigenvalue weighted by Gasteiger charge is 2.59. The SMILES string of the molecule is C/N=C(\C)[C@H]1CC[C@H]2[C@@H]3CCC4=C[C@H](O)CC[C@]4(C)[C@H]3CC[C@]12C. The van der Waals surface area contributed by atoms with Crippen LogP contribution < -0.4 is 0 Å². The molecule has 0 radical (unpaired) electrons. The molecule has 0 aliphatic heterocycles. The number of nitrogens with zero attached hydrogens (tertiary/aromatic N) is 1. The Morgan fingerprint density at radius 2 is 1.88 bits per heavy atom. The van der Waals surface area contributed by atoms with E-state index in [-0.39, 0.29) is 6.10 Å². The van der Waals surface area contributed by atoms with E-state index in [2.05, 4.69) is 31.8 Å². The lowest BCUT2D eigenvalue weighted by Crippen LogP contribution is -2.51. The standard InChI is InChI=1S/C22H35NO/c1-14(23-4)18-7-8-19-17-6-5-15-13-16(24)9-11-21(15,2)20(17)10-12-22(18,19)3/h13,16-20,24H,5-12H2,1-4H3/b23-14+/t16-,17+,18-,19+,20+,21+,22-/m1/s1. The van der Waals surface area contributed by atoms with Crippen LogP contribution in [0.4, 0.5) is 0 Å². The molecular formula is C22H35NO. The zero-order chi connectivity index (χ0) is 17.1. The number of aliphatic imine (C=N–C) groups is 1. The number of aliphatic hydroxyl groups excluding tert-OH is 1. The van der Waals surface area contributed by atoms with Gasteiger partial charge in [-0.05, 0) is 86.9 Å². The fourth-order valence-electron chi connectivity index (χ4n) is 7.55. The number of rotatable bonds is 1. The van der Waals surface area contributed by atoms with Gasteiger partial charge in [-0.3, -0.25) is 4.99 Å². The monoisotopic (exact) mass is 329 g/mol. The van der Waals surface area contributed by atoms with Crippen LogP contribution in [0.2, 0.25) is 0 Å². The molecule has 4 rings (SSSR count). The Bertz CT molecular complexity index is 579. The van der Waals surface area contributed by atoms with Crippen molar-refractivity contribution in [3.63, 3.8) is 0 Å². The van der Waals surface area contributed by atoms with Gasteiger partial charge in [0.15, 0.2) is 0 Å². The maximum atomic E-state index is 10.1. The molecule has 0 saturated heterocycles. The highest BCUT2D eigenvalue weighted by atomic mass is 16.3. The molecule has 0 aromatic rings. The van der Waals surface area contributed by atoms with E-state index >= 15 is 0 Å². The Morgan fingerprint density at radius 1 is 1.08 bits per heavy atom.